The van der Waals surface area contributed by atoms with Gasteiger partial charge in [-0.05, 0) is 44.0 Å². The molecule has 0 unspecified atom stereocenters. The number of nitrogens with two attached hydrogens (primary N) is 1. The number of aromatic amines is 1. The summed E-state index contributed by atoms with van der Waals surface area (Å²) in [6.45, 7) is 3.20. The summed E-state index contributed by atoms with van der Waals surface area (Å²) in [6.07, 6.45) is 0.0335. The molecule has 1 heterocycles. The van der Waals surface area contributed by atoms with Gasteiger partial charge in [-0.15, -0.1) is 12.4 Å². The maximum atomic E-state index is 13.0. The number of ether oxygens (including phenoxy) is 1. The third kappa shape index (κ3) is 6.14. The molecule has 0 bridgehead atoms. The van der Waals surface area contributed by atoms with Crippen LogP contribution in [0.25, 0.3) is 10.9 Å². The lowest BCUT2D eigenvalue weighted by molar-refractivity contribution is -0.137. The van der Waals surface area contributed by atoms with E-state index in [1.165, 1.54) is 0 Å². The van der Waals surface area contributed by atoms with E-state index in [4.69, 9.17) is 21.0 Å². The van der Waals surface area contributed by atoms with Crippen LogP contribution >= 0.6 is 12.4 Å². The molecule has 3 rings (SSSR count). The fourth-order valence-electron chi connectivity index (χ4n) is 3.60. The molecule has 5 N–H and O–H groups in total. The van der Waals surface area contributed by atoms with E-state index >= 15 is 0 Å². The smallest absolute Gasteiger partial charge is 0.415 e. The highest BCUT2D eigenvalue weighted by Crippen LogP contribution is 2.28. The second kappa shape index (κ2) is 11.3. The van der Waals surface area contributed by atoms with Crippen LogP contribution in [0, 0.1) is 12.3 Å². The molecule has 1 amide bonds. The van der Waals surface area contributed by atoms with E-state index in [0.29, 0.717) is 28.6 Å². The van der Waals surface area contributed by atoms with Crippen LogP contribution in [0.2, 0.25) is 0 Å². The monoisotopic (exact) mass is 486 g/mol. The zero-order valence-corrected chi connectivity index (χ0v) is 19.7. The third-order valence-corrected chi connectivity index (χ3v) is 5.31. The first-order valence-corrected chi connectivity index (χ1v) is 10.5. The van der Waals surface area contributed by atoms with Gasteiger partial charge >= 0.3 is 12.1 Å². The molecule has 0 atom stereocenters. The van der Waals surface area contributed by atoms with Crippen LogP contribution < -0.4 is 10.5 Å². The fraction of sp³-hybridized carbons (Fsp3) is 0.250. The van der Waals surface area contributed by atoms with Gasteiger partial charge in [0.15, 0.2) is 5.78 Å². The number of nitrogen functional groups attached to an aromatic ring is 1. The van der Waals surface area contributed by atoms with Crippen molar-refractivity contribution in [1.29, 1.82) is 5.41 Å². The number of amides is 1. The molecular weight excluding hydrogens is 460 g/mol. The Morgan fingerprint density at radius 1 is 1.15 bits per heavy atom. The SMILES string of the molecule is CCN(CC(=O)O)C(=O)Oc1ccc2[nH]c(C)c(C(=O)CCc3ccc(C(=N)N)cc3)c2c1.Cl. The summed E-state index contributed by atoms with van der Waals surface area (Å²) in [6, 6.07) is 12.1. The van der Waals surface area contributed by atoms with Gasteiger partial charge in [0.2, 0.25) is 0 Å². The first-order valence-electron chi connectivity index (χ1n) is 10.5. The van der Waals surface area contributed by atoms with Crippen LogP contribution in [-0.4, -0.2) is 51.8 Å². The highest BCUT2D eigenvalue weighted by atomic mass is 35.5. The second-order valence-corrected chi connectivity index (χ2v) is 7.64. The van der Waals surface area contributed by atoms with Gasteiger partial charge in [0.25, 0.3) is 0 Å². The lowest BCUT2D eigenvalue weighted by Crippen LogP contribution is -2.37. The molecule has 0 radical (unpaired) electrons. The number of aromatic nitrogens is 1. The summed E-state index contributed by atoms with van der Waals surface area (Å²) in [7, 11) is 0. The Morgan fingerprint density at radius 2 is 1.82 bits per heavy atom. The highest BCUT2D eigenvalue weighted by molar-refractivity contribution is 6.09. The van der Waals surface area contributed by atoms with Gasteiger partial charge in [0.05, 0.1) is 0 Å². The van der Waals surface area contributed by atoms with Crippen molar-refractivity contribution in [3.8, 4) is 5.75 Å². The Labute approximate surface area is 202 Å². The normalized spacial score (nSPS) is 10.4. The summed E-state index contributed by atoms with van der Waals surface area (Å²) in [5, 5.41) is 17.0. The lowest BCUT2D eigenvalue weighted by atomic mass is 9.99. The van der Waals surface area contributed by atoms with Crippen molar-refractivity contribution in [2.24, 2.45) is 5.73 Å². The zero-order valence-electron chi connectivity index (χ0n) is 18.9. The van der Waals surface area contributed by atoms with E-state index in [9.17, 15) is 14.4 Å². The minimum atomic E-state index is -1.13. The fourth-order valence-corrected chi connectivity index (χ4v) is 3.60. The molecule has 2 aromatic carbocycles. The number of Topliss-reactive ketones (excluding diaryl/α,β-unsaturated/α-hetero) is 1. The molecule has 10 heteroatoms. The van der Waals surface area contributed by atoms with Gasteiger partial charge in [-0.2, -0.15) is 0 Å². The summed E-state index contributed by atoms with van der Waals surface area (Å²) in [5.74, 6) is -0.967. The average molecular weight is 487 g/mol. The molecule has 0 spiro atoms. The first kappa shape index (κ1) is 26.4. The van der Waals surface area contributed by atoms with E-state index in [1.807, 2.05) is 19.1 Å². The molecule has 0 saturated carbocycles. The summed E-state index contributed by atoms with van der Waals surface area (Å²) < 4.78 is 5.35. The minimum Gasteiger partial charge on any atom is -0.480 e. The number of fused-ring (bicyclic) bond motifs is 1. The largest absolute Gasteiger partial charge is 0.480 e. The molecule has 180 valence electrons. The van der Waals surface area contributed by atoms with Crippen molar-refractivity contribution in [3.63, 3.8) is 0 Å². The number of ketones is 1. The Hall–Kier alpha value is -3.85. The van der Waals surface area contributed by atoms with Gasteiger partial charge in [-0.25, -0.2) is 4.79 Å². The number of nitrogens with zero attached hydrogens (tertiary/aromatic N) is 1. The molecule has 0 aliphatic rings. The van der Waals surface area contributed by atoms with E-state index in [2.05, 4.69) is 4.98 Å². The number of halogens is 1. The number of hydrogen-bond acceptors (Lipinski definition) is 5. The highest BCUT2D eigenvalue weighted by Gasteiger charge is 2.20. The Bertz CT molecular complexity index is 1220. The molecule has 3 aromatic rings. The number of aryl methyl sites for hydroxylation is 2. The van der Waals surface area contributed by atoms with Gasteiger partial charge in [0.1, 0.15) is 18.1 Å². The number of carboxylic acid groups (broad SMARTS) is 1. The number of amidine groups is 1. The number of carbonyl (C=O) groups is 3. The minimum absolute atomic E-state index is 0. The quantitative estimate of drug-likeness (QED) is 0.204. The Kier molecular flexibility index (Phi) is 8.80. The van der Waals surface area contributed by atoms with Crippen molar-refractivity contribution >= 4 is 47.0 Å². The maximum Gasteiger partial charge on any atom is 0.415 e. The van der Waals surface area contributed by atoms with E-state index in [-0.39, 0.29) is 42.7 Å². The maximum absolute atomic E-state index is 13.0. The van der Waals surface area contributed by atoms with E-state index in [0.717, 1.165) is 16.0 Å². The van der Waals surface area contributed by atoms with Crippen LogP contribution in [0.15, 0.2) is 42.5 Å². The number of nitrogens with one attached hydrogen (secondary N) is 2. The van der Waals surface area contributed by atoms with E-state index < -0.39 is 18.6 Å². The molecule has 0 aliphatic heterocycles. The molecule has 0 fully saturated rings. The van der Waals surface area contributed by atoms with Gasteiger partial charge in [0, 0.05) is 40.7 Å². The predicted molar refractivity (Wildman–Crippen MR) is 131 cm³/mol. The lowest BCUT2D eigenvalue weighted by Gasteiger charge is -2.17. The van der Waals surface area contributed by atoms with Crippen molar-refractivity contribution in [3.05, 3.63) is 64.8 Å². The van der Waals surface area contributed by atoms with Crippen molar-refractivity contribution in [2.45, 2.75) is 26.7 Å². The van der Waals surface area contributed by atoms with E-state index in [1.54, 1.807) is 37.3 Å². The van der Waals surface area contributed by atoms with Crippen molar-refractivity contribution in [1.82, 2.24) is 9.88 Å². The van der Waals surface area contributed by atoms with Gasteiger partial charge in [-0.1, -0.05) is 24.3 Å². The zero-order chi connectivity index (χ0) is 24.1. The Morgan fingerprint density at radius 3 is 2.41 bits per heavy atom. The van der Waals surface area contributed by atoms with Crippen molar-refractivity contribution in [2.75, 3.05) is 13.1 Å². The van der Waals surface area contributed by atoms with Crippen molar-refractivity contribution < 1.29 is 24.2 Å². The molecule has 0 aliphatic carbocycles. The molecule has 9 nitrogen and oxygen atoms in total. The number of hydrogen-bond donors (Lipinski definition) is 4. The summed E-state index contributed by atoms with van der Waals surface area (Å²) >= 11 is 0. The van der Waals surface area contributed by atoms with Gasteiger partial charge < -0.3 is 20.6 Å². The predicted octanol–water partition coefficient (Wildman–Crippen LogP) is 3.90. The van der Waals surface area contributed by atoms with Crippen LogP contribution in [0.4, 0.5) is 4.79 Å². The number of benzene rings is 2. The average Bonchev–Trinajstić information content (AvgIpc) is 3.10. The summed E-state index contributed by atoms with van der Waals surface area (Å²) in [4.78, 5) is 40.5. The van der Waals surface area contributed by atoms with Crippen LogP contribution in [0.1, 0.15) is 40.5 Å². The number of likely N-dealkylation sites (N-methyl/N-ethyl adjacent to an activating group) is 1. The topological polar surface area (TPSA) is 150 Å². The van der Waals surface area contributed by atoms with Crippen LogP contribution in [-0.2, 0) is 11.2 Å². The number of carboxylic acids is 1. The second-order valence-electron chi connectivity index (χ2n) is 7.64. The number of H-pyrrole nitrogens is 1. The molecule has 1 aromatic heterocycles. The van der Waals surface area contributed by atoms with Crippen LogP contribution in [0.5, 0.6) is 5.75 Å². The molecular formula is C24H27ClN4O5. The van der Waals surface area contributed by atoms with Crippen LogP contribution in [0.3, 0.4) is 0 Å². The standard InChI is InChI=1S/C24H26N4O5.ClH/c1-3-28(13-21(30)31)24(32)33-17-9-10-19-18(12-17)22(14(2)27-19)20(29)11-6-15-4-7-16(8-5-15)23(25)26;/h4-5,7-10,12,27H,3,6,11,13H2,1-2H3,(H3,25,26)(H,30,31);1H. The first-order chi connectivity index (χ1) is 15.7. The number of aliphatic carboxylic acids is 1. The van der Waals surface area contributed by atoms with Gasteiger partial charge in [-0.3, -0.25) is 19.9 Å². The summed E-state index contributed by atoms with van der Waals surface area (Å²) in [5.41, 5.74) is 9.04. The Balaban J connectivity index is 0.00000408. The molecule has 0 saturated heterocycles. The number of carbonyl (C=O) groups excluding carboxylic acids is 2. The molecule has 34 heavy (non-hydrogen) atoms. The number of rotatable bonds is 9. The third-order valence-electron chi connectivity index (χ3n) is 5.31.